The fraction of sp³-hybridized carbons (Fsp3) is 0.700. The summed E-state index contributed by atoms with van der Waals surface area (Å²) >= 11 is 0. The Morgan fingerprint density at radius 2 is 2.46 bits per heavy atom. The largest absolute Gasteiger partial charge is 0.330 e. The second-order valence-electron chi connectivity index (χ2n) is 4.40. The minimum Gasteiger partial charge on any atom is -0.330 e. The van der Waals surface area contributed by atoms with E-state index in [4.69, 9.17) is 5.73 Å². The molecule has 2 aliphatic rings. The van der Waals surface area contributed by atoms with Gasteiger partial charge in [-0.15, -0.1) is 0 Å². The van der Waals surface area contributed by atoms with E-state index in [2.05, 4.69) is 10.2 Å². The summed E-state index contributed by atoms with van der Waals surface area (Å²) in [5.41, 5.74) is 9.06. The summed E-state index contributed by atoms with van der Waals surface area (Å²) < 4.78 is 0. The molecule has 1 atom stereocenters. The van der Waals surface area contributed by atoms with Crippen molar-refractivity contribution in [2.24, 2.45) is 11.7 Å². The van der Waals surface area contributed by atoms with E-state index in [9.17, 15) is 0 Å². The molecule has 0 amide bonds. The zero-order chi connectivity index (χ0) is 8.89. The number of H-pyrrole nitrogens is 1. The predicted molar refractivity (Wildman–Crippen MR) is 50.4 cm³/mol. The van der Waals surface area contributed by atoms with Crippen LogP contribution in [0.3, 0.4) is 0 Å². The molecule has 70 valence electrons. The molecule has 1 fully saturated rings. The molecule has 2 aliphatic carbocycles. The molecule has 0 aromatic carbocycles. The number of rotatable bonds is 1. The lowest BCUT2D eigenvalue weighted by atomic mass is 9.76. The van der Waals surface area contributed by atoms with E-state index >= 15 is 0 Å². The summed E-state index contributed by atoms with van der Waals surface area (Å²) in [5.74, 6) is 0.695. The van der Waals surface area contributed by atoms with Gasteiger partial charge in [-0.05, 0) is 43.7 Å². The van der Waals surface area contributed by atoms with E-state index in [1.165, 1.54) is 30.5 Å². The molecule has 0 saturated heterocycles. The van der Waals surface area contributed by atoms with Gasteiger partial charge >= 0.3 is 0 Å². The normalized spacial score (nSPS) is 28.8. The van der Waals surface area contributed by atoms with Gasteiger partial charge in [-0.3, -0.25) is 5.10 Å². The Morgan fingerprint density at radius 3 is 3.15 bits per heavy atom. The highest BCUT2D eigenvalue weighted by molar-refractivity contribution is 5.35. The van der Waals surface area contributed by atoms with Gasteiger partial charge in [0.25, 0.3) is 0 Å². The number of aryl methyl sites for hydroxylation is 1. The Morgan fingerprint density at radius 1 is 1.62 bits per heavy atom. The number of hydrogen-bond donors (Lipinski definition) is 2. The van der Waals surface area contributed by atoms with Gasteiger partial charge in [0.1, 0.15) is 0 Å². The maximum absolute atomic E-state index is 5.81. The Bertz CT molecular complexity index is 325. The van der Waals surface area contributed by atoms with Gasteiger partial charge in [0, 0.05) is 11.1 Å². The SMILES string of the molecule is NCC1CCc2cn[nH]c2C12CC2. The summed E-state index contributed by atoms with van der Waals surface area (Å²) in [6, 6.07) is 0. The lowest BCUT2D eigenvalue weighted by molar-refractivity contribution is 0.355. The molecular weight excluding hydrogens is 162 g/mol. The van der Waals surface area contributed by atoms with Crippen LogP contribution in [0.15, 0.2) is 6.20 Å². The number of nitrogens with zero attached hydrogens (tertiary/aromatic N) is 1. The highest BCUT2D eigenvalue weighted by atomic mass is 15.1. The summed E-state index contributed by atoms with van der Waals surface area (Å²) in [5, 5.41) is 7.31. The Balaban J connectivity index is 2.06. The van der Waals surface area contributed by atoms with Crippen molar-refractivity contribution in [3.8, 4) is 0 Å². The van der Waals surface area contributed by atoms with Crippen LogP contribution in [0.5, 0.6) is 0 Å². The van der Waals surface area contributed by atoms with Crippen molar-refractivity contribution in [3.63, 3.8) is 0 Å². The van der Waals surface area contributed by atoms with Gasteiger partial charge in [-0.2, -0.15) is 5.10 Å². The lowest BCUT2D eigenvalue weighted by Crippen LogP contribution is -2.32. The van der Waals surface area contributed by atoms with Gasteiger partial charge in [-0.1, -0.05) is 0 Å². The maximum atomic E-state index is 5.81. The van der Waals surface area contributed by atoms with Crippen LogP contribution in [0.4, 0.5) is 0 Å². The predicted octanol–water partition coefficient (Wildman–Crippen LogP) is 0.962. The van der Waals surface area contributed by atoms with Gasteiger partial charge in [0.15, 0.2) is 0 Å². The van der Waals surface area contributed by atoms with Crippen LogP contribution in [-0.4, -0.2) is 16.7 Å². The van der Waals surface area contributed by atoms with Crippen LogP contribution in [0.2, 0.25) is 0 Å². The van der Waals surface area contributed by atoms with Crippen molar-refractivity contribution >= 4 is 0 Å². The average Bonchev–Trinajstić information content (AvgIpc) is 2.78. The zero-order valence-electron chi connectivity index (χ0n) is 7.71. The van der Waals surface area contributed by atoms with Gasteiger partial charge in [0.05, 0.1) is 6.20 Å². The molecule has 1 aromatic rings. The smallest absolute Gasteiger partial charge is 0.0522 e. The van der Waals surface area contributed by atoms with Crippen molar-refractivity contribution in [2.75, 3.05) is 6.54 Å². The standard InChI is InChI=1S/C10H15N3/c11-5-8-2-1-7-6-12-13-9(7)10(8)3-4-10/h6,8H,1-5,11H2,(H,12,13). The summed E-state index contributed by atoms with van der Waals surface area (Å²) in [6.07, 6.45) is 7.02. The molecule has 3 nitrogen and oxygen atoms in total. The monoisotopic (exact) mass is 177 g/mol. The highest BCUT2D eigenvalue weighted by Crippen LogP contribution is 2.57. The minimum absolute atomic E-state index is 0.416. The van der Waals surface area contributed by atoms with Crippen molar-refractivity contribution in [1.82, 2.24) is 10.2 Å². The molecule has 1 saturated carbocycles. The molecule has 3 rings (SSSR count). The molecule has 0 bridgehead atoms. The zero-order valence-corrected chi connectivity index (χ0v) is 7.71. The molecule has 0 radical (unpaired) electrons. The lowest BCUT2D eigenvalue weighted by Gasteiger charge is -2.30. The van der Waals surface area contributed by atoms with Crippen LogP contribution in [0.1, 0.15) is 30.5 Å². The highest BCUT2D eigenvalue weighted by Gasteiger charge is 2.53. The van der Waals surface area contributed by atoms with Gasteiger partial charge < -0.3 is 5.73 Å². The molecule has 1 unspecified atom stereocenters. The molecule has 3 N–H and O–H groups in total. The van der Waals surface area contributed by atoms with Gasteiger partial charge in [0.2, 0.25) is 0 Å². The quantitative estimate of drug-likeness (QED) is 0.671. The summed E-state index contributed by atoms with van der Waals surface area (Å²) in [6.45, 7) is 0.832. The fourth-order valence-electron chi connectivity index (χ4n) is 2.88. The second-order valence-corrected chi connectivity index (χ2v) is 4.40. The third-order valence-corrected chi connectivity index (χ3v) is 3.83. The average molecular weight is 177 g/mol. The van der Waals surface area contributed by atoms with Gasteiger partial charge in [-0.25, -0.2) is 0 Å². The van der Waals surface area contributed by atoms with Crippen LogP contribution >= 0.6 is 0 Å². The molecule has 0 aliphatic heterocycles. The molecule has 13 heavy (non-hydrogen) atoms. The Hall–Kier alpha value is -0.830. The first-order valence-electron chi connectivity index (χ1n) is 5.09. The van der Waals surface area contributed by atoms with Crippen molar-refractivity contribution in [2.45, 2.75) is 31.1 Å². The molecule has 1 spiro atoms. The van der Waals surface area contributed by atoms with Crippen LogP contribution < -0.4 is 5.73 Å². The first-order valence-corrected chi connectivity index (χ1v) is 5.09. The first kappa shape index (κ1) is 7.56. The van der Waals surface area contributed by atoms with Crippen molar-refractivity contribution in [3.05, 3.63) is 17.5 Å². The van der Waals surface area contributed by atoms with E-state index in [-0.39, 0.29) is 0 Å². The van der Waals surface area contributed by atoms with E-state index in [0.29, 0.717) is 11.3 Å². The van der Waals surface area contributed by atoms with Crippen molar-refractivity contribution in [1.29, 1.82) is 0 Å². The van der Waals surface area contributed by atoms with Crippen LogP contribution in [0.25, 0.3) is 0 Å². The first-order chi connectivity index (χ1) is 6.37. The van der Waals surface area contributed by atoms with E-state index in [1.54, 1.807) is 0 Å². The molecule has 1 aromatic heterocycles. The fourth-order valence-corrected chi connectivity index (χ4v) is 2.88. The Labute approximate surface area is 77.7 Å². The van der Waals surface area contributed by atoms with E-state index in [0.717, 1.165) is 13.0 Å². The second kappa shape index (κ2) is 2.35. The maximum Gasteiger partial charge on any atom is 0.0522 e. The Kier molecular flexibility index (Phi) is 1.37. The summed E-state index contributed by atoms with van der Waals surface area (Å²) in [4.78, 5) is 0. The number of nitrogens with two attached hydrogens (primary N) is 1. The molecule has 1 heterocycles. The molecule has 3 heteroatoms. The van der Waals surface area contributed by atoms with Crippen LogP contribution in [0, 0.1) is 5.92 Å². The third-order valence-electron chi connectivity index (χ3n) is 3.83. The number of nitrogens with one attached hydrogen (secondary N) is 1. The third kappa shape index (κ3) is 0.854. The van der Waals surface area contributed by atoms with E-state index < -0.39 is 0 Å². The minimum atomic E-state index is 0.416. The summed E-state index contributed by atoms with van der Waals surface area (Å²) in [7, 11) is 0. The number of aromatic amines is 1. The number of fused-ring (bicyclic) bond motifs is 2. The number of aromatic nitrogens is 2. The topological polar surface area (TPSA) is 54.7 Å². The van der Waals surface area contributed by atoms with E-state index in [1.807, 2.05) is 6.20 Å². The number of hydrogen-bond acceptors (Lipinski definition) is 2. The van der Waals surface area contributed by atoms with Crippen molar-refractivity contribution < 1.29 is 0 Å². The molecular formula is C10H15N3. The van der Waals surface area contributed by atoms with Crippen LogP contribution in [-0.2, 0) is 11.8 Å².